The molecule has 0 aliphatic carbocycles. The minimum atomic E-state index is -0.0794. The maximum Gasteiger partial charge on any atom is 0.330 e. The van der Waals surface area contributed by atoms with Gasteiger partial charge in [-0.3, -0.25) is 4.57 Å². The SMILES string of the molecule is Cc1c[nH]c(=O)n1-c1ccc(CC2CCCCN2)cc1. The molecular formula is C16H21N3O. The lowest BCUT2D eigenvalue weighted by Gasteiger charge is -2.23. The van der Waals surface area contributed by atoms with Gasteiger partial charge in [-0.15, -0.1) is 0 Å². The first kappa shape index (κ1) is 13.2. The molecule has 3 rings (SSSR count). The summed E-state index contributed by atoms with van der Waals surface area (Å²) in [5, 5.41) is 3.57. The summed E-state index contributed by atoms with van der Waals surface area (Å²) in [5.41, 5.74) is 3.10. The number of H-pyrrole nitrogens is 1. The molecule has 4 heteroatoms. The van der Waals surface area contributed by atoms with Crippen molar-refractivity contribution in [2.75, 3.05) is 6.54 Å². The van der Waals surface area contributed by atoms with Crippen LogP contribution >= 0.6 is 0 Å². The molecule has 1 aromatic heterocycles. The monoisotopic (exact) mass is 271 g/mol. The molecule has 0 spiro atoms. The molecule has 1 unspecified atom stereocenters. The fraction of sp³-hybridized carbons (Fsp3) is 0.438. The predicted octanol–water partition coefficient (Wildman–Crippen LogP) is 2.16. The van der Waals surface area contributed by atoms with Crippen molar-refractivity contribution in [1.82, 2.24) is 14.9 Å². The molecule has 0 saturated carbocycles. The van der Waals surface area contributed by atoms with Crippen LogP contribution in [0.25, 0.3) is 5.69 Å². The van der Waals surface area contributed by atoms with Crippen molar-refractivity contribution in [1.29, 1.82) is 0 Å². The van der Waals surface area contributed by atoms with E-state index < -0.39 is 0 Å². The van der Waals surface area contributed by atoms with Crippen LogP contribution in [0.3, 0.4) is 0 Å². The zero-order valence-corrected chi connectivity index (χ0v) is 11.9. The lowest BCUT2D eigenvalue weighted by atomic mass is 9.98. The summed E-state index contributed by atoms with van der Waals surface area (Å²) in [6.45, 7) is 3.07. The van der Waals surface area contributed by atoms with Crippen LogP contribution in [0.5, 0.6) is 0 Å². The van der Waals surface area contributed by atoms with Crippen molar-refractivity contribution in [3.63, 3.8) is 0 Å². The number of aromatic nitrogens is 2. The minimum absolute atomic E-state index is 0.0794. The van der Waals surface area contributed by atoms with Gasteiger partial charge in [-0.05, 0) is 50.4 Å². The van der Waals surface area contributed by atoms with E-state index in [4.69, 9.17) is 0 Å². The fourth-order valence-electron chi connectivity index (χ4n) is 2.94. The third-order valence-corrected chi connectivity index (χ3v) is 4.05. The molecule has 1 aromatic carbocycles. The third kappa shape index (κ3) is 2.70. The van der Waals surface area contributed by atoms with E-state index in [-0.39, 0.29) is 5.69 Å². The van der Waals surface area contributed by atoms with E-state index in [1.165, 1.54) is 24.8 Å². The summed E-state index contributed by atoms with van der Waals surface area (Å²) < 4.78 is 1.70. The third-order valence-electron chi connectivity index (χ3n) is 4.05. The lowest BCUT2D eigenvalue weighted by Crippen LogP contribution is -2.35. The highest BCUT2D eigenvalue weighted by atomic mass is 16.1. The molecule has 2 N–H and O–H groups in total. The summed E-state index contributed by atoms with van der Waals surface area (Å²) >= 11 is 0. The number of aryl methyl sites for hydroxylation is 1. The average Bonchev–Trinajstić information content (AvgIpc) is 2.81. The molecule has 0 bridgehead atoms. The largest absolute Gasteiger partial charge is 0.330 e. The number of aromatic amines is 1. The first-order valence-electron chi connectivity index (χ1n) is 7.34. The summed E-state index contributed by atoms with van der Waals surface area (Å²) in [6, 6.07) is 8.92. The van der Waals surface area contributed by atoms with Crippen molar-refractivity contribution in [2.45, 2.75) is 38.6 Å². The van der Waals surface area contributed by atoms with Gasteiger partial charge in [0, 0.05) is 17.9 Å². The number of rotatable bonds is 3. The van der Waals surface area contributed by atoms with Crippen LogP contribution in [-0.2, 0) is 6.42 Å². The summed E-state index contributed by atoms with van der Waals surface area (Å²) in [7, 11) is 0. The molecule has 1 aliphatic heterocycles. The van der Waals surface area contributed by atoms with Gasteiger partial charge in [0.1, 0.15) is 0 Å². The van der Waals surface area contributed by atoms with Gasteiger partial charge in [0.05, 0.1) is 5.69 Å². The molecule has 1 saturated heterocycles. The predicted molar refractivity (Wildman–Crippen MR) is 80.5 cm³/mol. The van der Waals surface area contributed by atoms with Gasteiger partial charge in [-0.1, -0.05) is 18.6 Å². The van der Waals surface area contributed by atoms with Crippen LogP contribution < -0.4 is 11.0 Å². The molecule has 0 radical (unpaired) electrons. The Balaban J connectivity index is 1.76. The Bertz CT molecular complexity index is 618. The van der Waals surface area contributed by atoms with Crippen molar-refractivity contribution in [3.05, 3.63) is 52.2 Å². The highest BCUT2D eigenvalue weighted by molar-refractivity contribution is 5.36. The van der Waals surface area contributed by atoms with Crippen LogP contribution in [0, 0.1) is 6.92 Å². The second-order valence-corrected chi connectivity index (χ2v) is 5.59. The number of nitrogens with zero attached hydrogens (tertiary/aromatic N) is 1. The summed E-state index contributed by atoms with van der Waals surface area (Å²) in [6.07, 6.45) is 6.69. The highest BCUT2D eigenvalue weighted by Gasteiger charge is 2.13. The van der Waals surface area contributed by atoms with Gasteiger partial charge >= 0.3 is 5.69 Å². The van der Waals surface area contributed by atoms with Crippen molar-refractivity contribution in [3.8, 4) is 5.69 Å². The van der Waals surface area contributed by atoms with E-state index in [1.54, 1.807) is 10.8 Å². The highest BCUT2D eigenvalue weighted by Crippen LogP contribution is 2.15. The topological polar surface area (TPSA) is 49.8 Å². The second-order valence-electron chi connectivity index (χ2n) is 5.59. The van der Waals surface area contributed by atoms with Gasteiger partial charge in [0.25, 0.3) is 0 Å². The molecule has 1 fully saturated rings. The Morgan fingerprint density at radius 1 is 1.25 bits per heavy atom. The Kier molecular flexibility index (Phi) is 3.74. The zero-order chi connectivity index (χ0) is 13.9. The molecule has 20 heavy (non-hydrogen) atoms. The quantitative estimate of drug-likeness (QED) is 0.898. The molecule has 2 aromatic rings. The van der Waals surface area contributed by atoms with Gasteiger partial charge in [-0.25, -0.2) is 4.79 Å². The second kappa shape index (κ2) is 5.67. The number of imidazole rings is 1. The van der Waals surface area contributed by atoms with Crippen LogP contribution in [0.15, 0.2) is 35.3 Å². The maximum atomic E-state index is 11.7. The fourth-order valence-corrected chi connectivity index (χ4v) is 2.94. The van der Waals surface area contributed by atoms with Crippen LogP contribution in [0.4, 0.5) is 0 Å². The van der Waals surface area contributed by atoms with E-state index in [9.17, 15) is 4.79 Å². The normalized spacial score (nSPS) is 19.1. The average molecular weight is 271 g/mol. The standard InChI is InChI=1S/C16H21N3O/c1-12-11-18-16(20)19(12)15-7-5-13(6-8-15)10-14-4-2-3-9-17-14/h5-8,11,14,17H,2-4,9-10H2,1H3,(H,18,20). The molecule has 1 atom stereocenters. The number of benzene rings is 1. The van der Waals surface area contributed by atoms with Gasteiger partial charge in [0.2, 0.25) is 0 Å². The Hall–Kier alpha value is -1.81. The Morgan fingerprint density at radius 2 is 2.05 bits per heavy atom. The molecular weight excluding hydrogens is 250 g/mol. The van der Waals surface area contributed by atoms with E-state index in [1.807, 2.05) is 19.1 Å². The first-order chi connectivity index (χ1) is 9.74. The molecule has 106 valence electrons. The summed E-state index contributed by atoms with van der Waals surface area (Å²) in [5.74, 6) is 0. The smallest absolute Gasteiger partial charge is 0.314 e. The number of hydrogen-bond acceptors (Lipinski definition) is 2. The lowest BCUT2D eigenvalue weighted by molar-refractivity contribution is 0.399. The minimum Gasteiger partial charge on any atom is -0.314 e. The Labute approximate surface area is 118 Å². The van der Waals surface area contributed by atoms with E-state index in [0.29, 0.717) is 6.04 Å². The van der Waals surface area contributed by atoms with E-state index in [0.717, 1.165) is 24.3 Å². The Morgan fingerprint density at radius 3 is 2.65 bits per heavy atom. The van der Waals surface area contributed by atoms with Crippen LogP contribution in [-0.4, -0.2) is 22.1 Å². The molecule has 4 nitrogen and oxygen atoms in total. The van der Waals surface area contributed by atoms with Gasteiger partial charge in [-0.2, -0.15) is 0 Å². The van der Waals surface area contributed by atoms with Crippen molar-refractivity contribution in [2.24, 2.45) is 0 Å². The maximum absolute atomic E-state index is 11.7. The van der Waals surface area contributed by atoms with Gasteiger partial charge in [0.15, 0.2) is 0 Å². The molecule has 2 heterocycles. The first-order valence-corrected chi connectivity index (χ1v) is 7.34. The summed E-state index contributed by atoms with van der Waals surface area (Å²) in [4.78, 5) is 14.5. The number of hydrogen-bond donors (Lipinski definition) is 2. The van der Waals surface area contributed by atoms with Gasteiger partial charge < -0.3 is 10.3 Å². The van der Waals surface area contributed by atoms with Crippen LogP contribution in [0.2, 0.25) is 0 Å². The molecule has 0 amide bonds. The van der Waals surface area contributed by atoms with Crippen molar-refractivity contribution >= 4 is 0 Å². The zero-order valence-electron chi connectivity index (χ0n) is 11.9. The number of piperidine rings is 1. The number of nitrogens with one attached hydrogen (secondary N) is 2. The van der Waals surface area contributed by atoms with Crippen molar-refractivity contribution < 1.29 is 0 Å². The molecule has 1 aliphatic rings. The van der Waals surface area contributed by atoms with E-state index >= 15 is 0 Å². The van der Waals surface area contributed by atoms with Crippen LogP contribution in [0.1, 0.15) is 30.5 Å². The van der Waals surface area contributed by atoms with E-state index in [2.05, 4.69) is 22.4 Å².